The number of hydrogen-bond acceptors (Lipinski definition) is 3. The molecule has 0 bridgehead atoms. The van der Waals surface area contributed by atoms with Crippen molar-refractivity contribution in [1.29, 1.82) is 0 Å². The average Bonchev–Trinajstić information content (AvgIpc) is 2.01. The van der Waals surface area contributed by atoms with Gasteiger partial charge in [-0.15, -0.1) is 0 Å². The largest absolute Gasteiger partial charge is 0.396 e. The zero-order chi connectivity index (χ0) is 11.2. The van der Waals surface area contributed by atoms with Gasteiger partial charge in [-0.25, -0.2) is 0 Å². The molecule has 4 heteroatoms. The molecule has 0 spiro atoms. The van der Waals surface area contributed by atoms with Crippen LogP contribution in [0.1, 0.15) is 27.7 Å². The van der Waals surface area contributed by atoms with Crippen LogP contribution in [-0.2, 0) is 4.79 Å². The van der Waals surface area contributed by atoms with E-state index in [2.05, 4.69) is 0 Å². The van der Waals surface area contributed by atoms with Crippen molar-refractivity contribution in [3.05, 3.63) is 0 Å². The van der Waals surface area contributed by atoms with Gasteiger partial charge in [0.25, 0.3) is 0 Å². The smallest absolute Gasteiger partial charge is 0.219 e. The van der Waals surface area contributed by atoms with Crippen molar-refractivity contribution in [2.75, 3.05) is 24.7 Å². The average molecular weight is 219 g/mol. The number of hydrogen-bond donors (Lipinski definition) is 1. The van der Waals surface area contributed by atoms with Crippen molar-refractivity contribution in [1.82, 2.24) is 4.90 Å². The Labute approximate surface area is 90.9 Å². The van der Waals surface area contributed by atoms with Crippen molar-refractivity contribution >= 4 is 17.7 Å². The van der Waals surface area contributed by atoms with Gasteiger partial charge in [-0.05, 0) is 20.8 Å². The lowest BCUT2D eigenvalue weighted by Gasteiger charge is -2.34. The molecule has 0 saturated carbocycles. The Morgan fingerprint density at radius 2 is 1.93 bits per heavy atom. The molecule has 0 aliphatic heterocycles. The lowest BCUT2D eigenvalue weighted by atomic mass is 10.1. The first-order valence-electron chi connectivity index (χ1n) is 4.86. The van der Waals surface area contributed by atoms with Crippen molar-refractivity contribution in [3.8, 4) is 0 Å². The molecular formula is C10H21NO2S. The Morgan fingerprint density at radius 3 is 2.29 bits per heavy atom. The molecule has 3 nitrogen and oxygen atoms in total. The molecule has 0 saturated heterocycles. The predicted molar refractivity (Wildman–Crippen MR) is 61.6 cm³/mol. The molecule has 14 heavy (non-hydrogen) atoms. The van der Waals surface area contributed by atoms with E-state index in [-0.39, 0.29) is 18.1 Å². The second-order valence-electron chi connectivity index (χ2n) is 4.18. The minimum atomic E-state index is -0.106. The topological polar surface area (TPSA) is 40.5 Å². The summed E-state index contributed by atoms with van der Waals surface area (Å²) in [6.45, 7) is 8.66. The quantitative estimate of drug-likeness (QED) is 0.710. The van der Waals surface area contributed by atoms with Gasteiger partial charge in [0.05, 0.1) is 6.61 Å². The molecule has 0 aliphatic rings. The zero-order valence-electron chi connectivity index (χ0n) is 9.54. The third-order valence-corrected chi connectivity index (χ3v) is 2.83. The van der Waals surface area contributed by atoms with E-state index in [1.165, 1.54) is 0 Å². The number of amides is 1. The maximum Gasteiger partial charge on any atom is 0.219 e. The summed E-state index contributed by atoms with van der Waals surface area (Å²) in [5, 5.41) is 8.60. The minimum absolute atomic E-state index is 0.106. The molecule has 0 heterocycles. The van der Waals surface area contributed by atoms with Crippen molar-refractivity contribution in [2.45, 2.75) is 33.2 Å². The zero-order valence-corrected chi connectivity index (χ0v) is 10.4. The van der Waals surface area contributed by atoms with Gasteiger partial charge in [-0.3, -0.25) is 4.79 Å². The van der Waals surface area contributed by atoms with Gasteiger partial charge in [0, 0.05) is 30.5 Å². The summed E-state index contributed by atoms with van der Waals surface area (Å²) in [7, 11) is 0. The van der Waals surface area contributed by atoms with Crippen molar-refractivity contribution < 1.29 is 9.90 Å². The number of thioether (sulfide) groups is 1. The molecule has 0 aliphatic carbocycles. The molecule has 0 unspecified atom stereocenters. The number of rotatable bonds is 5. The first kappa shape index (κ1) is 13.8. The maximum atomic E-state index is 11.3. The van der Waals surface area contributed by atoms with Gasteiger partial charge in [-0.1, -0.05) is 0 Å². The standard InChI is InChI=1S/C10H21NO2S/c1-9(13)11(10(2,3)4)5-7-14-8-6-12/h12H,5-8H2,1-4H3. The van der Waals surface area contributed by atoms with E-state index in [0.29, 0.717) is 0 Å². The summed E-state index contributed by atoms with van der Waals surface area (Å²) in [6, 6.07) is 0. The normalized spacial score (nSPS) is 11.5. The van der Waals surface area contributed by atoms with Crippen LogP contribution in [0, 0.1) is 0 Å². The SMILES string of the molecule is CC(=O)N(CCSCCO)C(C)(C)C. The van der Waals surface area contributed by atoms with Crippen LogP contribution in [0.2, 0.25) is 0 Å². The number of nitrogens with zero attached hydrogens (tertiary/aromatic N) is 1. The Morgan fingerprint density at radius 1 is 1.36 bits per heavy atom. The van der Waals surface area contributed by atoms with E-state index in [9.17, 15) is 4.79 Å². The fourth-order valence-corrected chi connectivity index (χ4v) is 1.93. The monoisotopic (exact) mass is 219 g/mol. The summed E-state index contributed by atoms with van der Waals surface area (Å²) >= 11 is 1.67. The highest BCUT2D eigenvalue weighted by molar-refractivity contribution is 7.99. The van der Waals surface area contributed by atoms with Gasteiger partial charge < -0.3 is 10.0 Å². The van der Waals surface area contributed by atoms with E-state index in [4.69, 9.17) is 5.11 Å². The van der Waals surface area contributed by atoms with Crippen LogP contribution < -0.4 is 0 Å². The Kier molecular flexibility index (Phi) is 6.20. The molecule has 0 radical (unpaired) electrons. The molecule has 0 aromatic carbocycles. The van der Waals surface area contributed by atoms with E-state index in [1.807, 2.05) is 25.7 Å². The van der Waals surface area contributed by atoms with Crippen molar-refractivity contribution in [2.24, 2.45) is 0 Å². The molecule has 84 valence electrons. The molecule has 0 fully saturated rings. The highest BCUT2D eigenvalue weighted by Gasteiger charge is 2.22. The molecule has 0 aromatic rings. The second kappa shape index (κ2) is 6.30. The highest BCUT2D eigenvalue weighted by atomic mass is 32.2. The molecule has 0 rings (SSSR count). The van der Waals surface area contributed by atoms with E-state index in [1.54, 1.807) is 18.7 Å². The van der Waals surface area contributed by atoms with Crippen LogP contribution in [0.15, 0.2) is 0 Å². The predicted octanol–water partition coefficient (Wildman–Crippen LogP) is 1.36. The third-order valence-electron chi connectivity index (χ3n) is 1.88. The van der Waals surface area contributed by atoms with Crippen LogP contribution in [0.4, 0.5) is 0 Å². The van der Waals surface area contributed by atoms with Gasteiger partial charge in [0.2, 0.25) is 5.91 Å². The molecule has 0 atom stereocenters. The van der Waals surface area contributed by atoms with E-state index in [0.717, 1.165) is 18.1 Å². The van der Waals surface area contributed by atoms with Gasteiger partial charge in [0.1, 0.15) is 0 Å². The van der Waals surface area contributed by atoms with Crippen LogP contribution in [-0.4, -0.2) is 46.1 Å². The summed E-state index contributed by atoms with van der Waals surface area (Å²) in [5.41, 5.74) is -0.106. The lowest BCUT2D eigenvalue weighted by Crippen LogP contribution is -2.45. The molecular weight excluding hydrogens is 198 g/mol. The molecule has 1 amide bonds. The summed E-state index contributed by atoms with van der Waals surface area (Å²) in [4.78, 5) is 13.2. The van der Waals surface area contributed by atoms with Crippen molar-refractivity contribution in [3.63, 3.8) is 0 Å². The Bertz CT molecular complexity index is 177. The number of carbonyl (C=O) groups is 1. The van der Waals surface area contributed by atoms with E-state index >= 15 is 0 Å². The first-order valence-corrected chi connectivity index (χ1v) is 6.02. The van der Waals surface area contributed by atoms with Crippen LogP contribution in [0.25, 0.3) is 0 Å². The summed E-state index contributed by atoms with van der Waals surface area (Å²) in [6.07, 6.45) is 0. The molecule has 1 N–H and O–H groups in total. The van der Waals surface area contributed by atoms with E-state index < -0.39 is 0 Å². The van der Waals surface area contributed by atoms with Crippen LogP contribution in [0.5, 0.6) is 0 Å². The third kappa shape index (κ3) is 5.50. The summed E-state index contributed by atoms with van der Waals surface area (Å²) in [5.74, 6) is 1.75. The minimum Gasteiger partial charge on any atom is -0.396 e. The number of aliphatic hydroxyl groups is 1. The number of carbonyl (C=O) groups excluding carboxylic acids is 1. The fourth-order valence-electron chi connectivity index (χ4n) is 1.29. The maximum absolute atomic E-state index is 11.3. The second-order valence-corrected chi connectivity index (χ2v) is 5.40. The highest BCUT2D eigenvalue weighted by Crippen LogP contribution is 2.14. The van der Waals surface area contributed by atoms with Gasteiger partial charge in [0.15, 0.2) is 0 Å². The molecule has 0 aromatic heterocycles. The van der Waals surface area contributed by atoms with Gasteiger partial charge in [-0.2, -0.15) is 11.8 Å². The van der Waals surface area contributed by atoms with Gasteiger partial charge >= 0.3 is 0 Å². The fraction of sp³-hybridized carbons (Fsp3) is 0.900. The number of aliphatic hydroxyl groups excluding tert-OH is 1. The Balaban J connectivity index is 3.94. The van der Waals surface area contributed by atoms with Crippen LogP contribution in [0.3, 0.4) is 0 Å². The Hall–Kier alpha value is -0.220. The first-order chi connectivity index (χ1) is 6.39. The summed E-state index contributed by atoms with van der Waals surface area (Å²) < 4.78 is 0. The van der Waals surface area contributed by atoms with Crippen LogP contribution >= 0.6 is 11.8 Å². The lowest BCUT2D eigenvalue weighted by molar-refractivity contribution is -0.133.